The fourth-order valence-corrected chi connectivity index (χ4v) is 3.03. The lowest BCUT2D eigenvalue weighted by molar-refractivity contribution is -0.132. The minimum Gasteiger partial charge on any atom is -0.495 e. The highest BCUT2D eigenvalue weighted by molar-refractivity contribution is 6.32. The van der Waals surface area contributed by atoms with E-state index >= 15 is 0 Å². The minimum absolute atomic E-state index is 0.140. The predicted octanol–water partition coefficient (Wildman–Crippen LogP) is 5.05. The van der Waals surface area contributed by atoms with E-state index in [1.54, 1.807) is 37.4 Å². The van der Waals surface area contributed by atoms with Gasteiger partial charge in [-0.3, -0.25) is 0 Å². The number of carbonyl (C=O) groups is 1. The van der Waals surface area contributed by atoms with Crippen molar-refractivity contribution in [3.05, 3.63) is 63.4 Å². The summed E-state index contributed by atoms with van der Waals surface area (Å²) in [6, 6.07) is 10.7. The molecule has 0 aliphatic carbocycles. The Balaban J connectivity index is 1.98. The SMILES string of the molecule is COc1ccc(CNc2nc(/C=C(/C)C(=O)O)nc3ccc(Cl)cc23)cc1Cl. The Labute approximate surface area is 171 Å². The number of methoxy groups -OCH3 is 1. The molecule has 0 saturated heterocycles. The molecule has 144 valence electrons. The van der Waals surface area contributed by atoms with E-state index in [1.165, 1.54) is 13.0 Å². The Morgan fingerprint density at radius 1 is 1.21 bits per heavy atom. The van der Waals surface area contributed by atoms with Crippen molar-refractivity contribution in [1.29, 1.82) is 0 Å². The standard InChI is InChI=1S/C20H17Cl2N3O3/c1-11(20(26)27)7-18-24-16-5-4-13(21)9-14(16)19(25-18)23-10-12-3-6-17(28-2)15(22)8-12/h3-9H,10H2,1-2H3,(H,26,27)(H,23,24,25)/b11-7-. The van der Waals surface area contributed by atoms with Crippen molar-refractivity contribution >= 4 is 52.0 Å². The number of aromatic nitrogens is 2. The normalized spacial score (nSPS) is 11.5. The summed E-state index contributed by atoms with van der Waals surface area (Å²) in [6.07, 6.45) is 1.42. The molecule has 28 heavy (non-hydrogen) atoms. The average Bonchev–Trinajstić information content (AvgIpc) is 2.66. The molecular formula is C20H17Cl2N3O3. The number of rotatable bonds is 6. The van der Waals surface area contributed by atoms with Gasteiger partial charge in [0.05, 0.1) is 17.6 Å². The maximum absolute atomic E-state index is 11.1. The number of ether oxygens (including phenoxy) is 1. The number of fused-ring (bicyclic) bond motifs is 1. The molecule has 0 atom stereocenters. The van der Waals surface area contributed by atoms with Crippen LogP contribution < -0.4 is 10.1 Å². The Bertz CT molecular complexity index is 1080. The zero-order valence-corrected chi connectivity index (χ0v) is 16.7. The van der Waals surface area contributed by atoms with Gasteiger partial charge in [-0.15, -0.1) is 0 Å². The zero-order valence-electron chi connectivity index (χ0n) is 15.2. The van der Waals surface area contributed by atoms with Crippen molar-refractivity contribution in [3.63, 3.8) is 0 Å². The monoisotopic (exact) mass is 417 g/mol. The predicted molar refractivity (Wildman–Crippen MR) is 111 cm³/mol. The van der Waals surface area contributed by atoms with Crippen LogP contribution in [0.2, 0.25) is 10.0 Å². The first kappa shape index (κ1) is 19.9. The van der Waals surface area contributed by atoms with Gasteiger partial charge < -0.3 is 15.2 Å². The van der Waals surface area contributed by atoms with E-state index in [9.17, 15) is 4.79 Å². The van der Waals surface area contributed by atoms with Crippen LogP contribution in [0.15, 0.2) is 42.0 Å². The van der Waals surface area contributed by atoms with Crippen molar-refractivity contribution < 1.29 is 14.6 Å². The first-order valence-electron chi connectivity index (χ1n) is 8.32. The highest BCUT2D eigenvalue weighted by Crippen LogP contribution is 2.27. The summed E-state index contributed by atoms with van der Waals surface area (Å²) in [5.74, 6) is 0.414. The molecule has 0 saturated carbocycles. The number of hydrogen-bond acceptors (Lipinski definition) is 5. The van der Waals surface area contributed by atoms with E-state index in [2.05, 4.69) is 15.3 Å². The van der Waals surface area contributed by atoms with Crippen LogP contribution in [-0.4, -0.2) is 28.2 Å². The number of nitrogens with zero attached hydrogens (tertiary/aromatic N) is 2. The van der Waals surface area contributed by atoms with E-state index in [4.69, 9.17) is 33.0 Å². The van der Waals surface area contributed by atoms with Crippen molar-refractivity contribution in [2.24, 2.45) is 0 Å². The molecule has 0 radical (unpaired) electrons. The van der Waals surface area contributed by atoms with E-state index in [-0.39, 0.29) is 5.57 Å². The molecular weight excluding hydrogens is 401 g/mol. The molecule has 0 bridgehead atoms. The topological polar surface area (TPSA) is 84.3 Å². The van der Waals surface area contributed by atoms with Crippen LogP contribution in [-0.2, 0) is 11.3 Å². The van der Waals surface area contributed by atoms with E-state index in [0.29, 0.717) is 39.5 Å². The van der Waals surface area contributed by atoms with Gasteiger partial charge in [-0.05, 0) is 48.9 Å². The second-order valence-corrected chi connectivity index (χ2v) is 6.89. The number of nitrogens with one attached hydrogen (secondary N) is 1. The van der Waals surface area contributed by atoms with Gasteiger partial charge in [0.1, 0.15) is 11.6 Å². The first-order valence-corrected chi connectivity index (χ1v) is 9.08. The lowest BCUT2D eigenvalue weighted by Gasteiger charge is -2.11. The van der Waals surface area contributed by atoms with Gasteiger partial charge in [-0.25, -0.2) is 14.8 Å². The van der Waals surface area contributed by atoms with Gasteiger partial charge in [-0.2, -0.15) is 0 Å². The minimum atomic E-state index is -1.03. The van der Waals surface area contributed by atoms with Gasteiger partial charge >= 0.3 is 5.97 Å². The van der Waals surface area contributed by atoms with Gasteiger partial charge in [0.15, 0.2) is 5.82 Å². The van der Waals surface area contributed by atoms with E-state index in [0.717, 1.165) is 10.9 Å². The van der Waals surface area contributed by atoms with Gasteiger partial charge in [0.2, 0.25) is 0 Å². The molecule has 0 unspecified atom stereocenters. The number of halogens is 2. The summed E-state index contributed by atoms with van der Waals surface area (Å²) >= 11 is 12.3. The fraction of sp³-hybridized carbons (Fsp3) is 0.150. The van der Waals surface area contributed by atoms with Crippen LogP contribution in [0.1, 0.15) is 18.3 Å². The summed E-state index contributed by atoms with van der Waals surface area (Å²) in [5.41, 5.74) is 1.72. The molecule has 0 spiro atoms. The zero-order chi connectivity index (χ0) is 20.3. The molecule has 0 aliphatic rings. The lowest BCUT2D eigenvalue weighted by Crippen LogP contribution is -2.05. The number of carboxylic acid groups (broad SMARTS) is 1. The molecule has 3 rings (SSSR count). The third-order valence-electron chi connectivity index (χ3n) is 4.03. The van der Waals surface area contributed by atoms with Crippen molar-refractivity contribution in [3.8, 4) is 5.75 Å². The van der Waals surface area contributed by atoms with E-state index in [1.807, 2.05) is 6.07 Å². The molecule has 2 aromatic carbocycles. The van der Waals surface area contributed by atoms with Crippen molar-refractivity contribution in [2.45, 2.75) is 13.5 Å². The Hall–Kier alpha value is -2.83. The Morgan fingerprint density at radius 2 is 2.00 bits per heavy atom. The molecule has 0 amide bonds. The quantitative estimate of drug-likeness (QED) is 0.546. The first-order chi connectivity index (χ1) is 13.4. The highest BCUT2D eigenvalue weighted by atomic mass is 35.5. The fourth-order valence-electron chi connectivity index (χ4n) is 2.58. The second-order valence-electron chi connectivity index (χ2n) is 6.05. The summed E-state index contributed by atoms with van der Waals surface area (Å²) in [4.78, 5) is 20.0. The van der Waals surface area contributed by atoms with Crippen molar-refractivity contribution in [2.75, 3.05) is 12.4 Å². The van der Waals surface area contributed by atoms with Crippen molar-refractivity contribution in [1.82, 2.24) is 9.97 Å². The molecule has 6 nitrogen and oxygen atoms in total. The Kier molecular flexibility index (Phi) is 6.02. The summed E-state index contributed by atoms with van der Waals surface area (Å²) in [6.45, 7) is 1.94. The summed E-state index contributed by atoms with van der Waals surface area (Å²) in [5, 5.41) is 14.2. The average molecular weight is 418 g/mol. The third kappa shape index (κ3) is 4.52. The maximum Gasteiger partial charge on any atom is 0.331 e. The Morgan fingerprint density at radius 3 is 2.68 bits per heavy atom. The molecule has 0 fully saturated rings. The maximum atomic E-state index is 11.1. The number of aliphatic carboxylic acids is 1. The highest BCUT2D eigenvalue weighted by Gasteiger charge is 2.10. The van der Waals surface area contributed by atoms with E-state index < -0.39 is 5.97 Å². The number of hydrogen-bond donors (Lipinski definition) is 2. The second kappa shape index (κ2) is 8.46. The molecule has 1 aromatic heterocycles. The van der Waals surface area contributed by atoms with Gasteiger partial charge in [0.25, 0.3) is 0 Å². The molecule has 3 aromatic rings. The largest absolute Gasteiger partial charge is 0.495 e. The molecule has 1 heterocycles. The third-order valence-corrected chi connectivity index (χ3v) is 4.56. The number of anilines is 1. The van der Waals surface area contributed by atoms with Crippen LogP contribution in [0.3, 0.4) is 0 Å². The summed E-state index contributed by atoms with van der Waals surface area (Å²) in [7, 11) is 1.56. The molecule has 0 aliphatic heterocycles. The lowest BCUT2D eigenvalue weighted by atomic mass is 10.2. The van der Waals surface area contributed by atoms with Crippen LogP contribution in [0.25, 0.3) is 17.0 Å². The van der Waals surface area contributed by atoms with Gasteiger partial charge in [0, 0.05) is 22.5 Å². The molecule has 2 N–H and O–H groups in total. The number of carboxylic acids is 1. The van der Waals surface area contributed by atoms with Crippen LogP contribution in [0.4, 0.5) is 5.82 Å². The summed E-state index contributed by atoms with van der Waals surface area (Å²) < 4.78 is 5.16. The van der Waals surface area contributed by atoms with Gasteiger partial charge in [-0.1, -0.05) is 29.3 Å². The van der Waals surface area contributed by atoms with Crippen LogP contribution >= 0.6 is 23.2 Å². The smallest absolute Gasteiger partial charge is 0.331 e. The molecule has 8 heteroatoms. The number of benzene rings is 2. The van der Waals surface area contributed by atoms with Crippen LogP contribution in [0.5, 0.6) is 5.75 Å². The van der Waals surface area contributed by atoms with Crippen LogP contribution in [0, 0.1) is 0 Å².